The number of aryl methyl sites for hydroxylation is 1. The maximum Gasteiger partial charge on any atom is 0.240 e. The number of hydrazone groups is 1. The fraction of sp³-hybridized carbons (Fsp3) is 0.222. The molecule has 0 saturated carbocycles. The van der Waals surface area contributed by atoms with E-state index in [1.54, 1.807) is 6.21 Å². The normalized spacial score (nSPS) is 10.6. The Hall–Kier alpha value is -2.62. The molecule has 2 aromatic rings. The largest absolute Gasteiger partial charge is 0.385 e. The molecule has 0 spiro atoms. The number of benzene rings is 2. The second-order valence-electron chi connectivity index (χ2n) is 5.10. The van der Waals surface area contributed by atoms with Crippen LogP contribution in [0.4, 0.5) is 5.69 Å². The van der Waals surface area contributed by atoms with E-state index in [4.69, 9.17) is 0 Å². The van der Waals surface area contributed by atoms with E-state index in [1.165, 1.54) is 5.56 Å². The molecule has 114 valence electrons. The lowest BCUT2D eigenvalue weighted by Gasteiger charge is -2.06. The summed E-state index contributed by atoms with van der Waals surface area (Å²) in [7, 11) is 0. The molecule has 0 heterocycles. The van der Waals surface area contributed by atoms with E-state index in [0.717, 1.165) is 24.2 Å². The zero-order valence-corrected chi connectivity index (χ0v) is 12.8. The van der Waals surface area contributed by atoms with Crippen LogP contribution in [0.15, 0.2) is 59.7 Å². The summed E-state index contributed by atoms with van der Waals surface area (Å²) in [6, 6.07) is 17.9. The Balaban J connectivity index is 1.63. The lowest BCUT2D eigenvalue weighted by molar-refractivity contribution is -0.121. The summed E-state index contributed by atoms with van der Waals surface area (Å²) in [4.78, 5) is 11.6. The van der Waals surface area contributed by atoms with E-state index in [1.807, 2.05) is 42.5 Å². The van der Waals surface area contributed by atoms with Crippen LogP contribution in [0.3, 0.4) is 0 Å². The van der Waals surface area contributed by atoms with Gasteiger partial charge in [0.15, 0.2) is 0 Å². The maximum absolute atomic E-state index is 11.6. The van der Waals surface area contributed by atoms with Crippen molar-refractivity contribution in [1.29, 1.82) is 0 Å². The molecule has 0 saturated heterocycles. The Labute approximate surface area is 131 Å². The molecule has 2 N–H and O–H groups in total. The first-order chi connectivity index (χ1) is 10.7. The summed E-state index contributed by atoms with van der Waals surface area (Å²) >= 11 is 0. The Kier molecular flexibility index (Phi) is 6.18. The molecule has 0 aliphatic carbocycles. The molecular formula is C18H21N3O. The van der Waals surface area contributed by atoms with E-state index in [0.29, 0.717) is 6.42 Å². The first-order valence-electron chi connectivity index (χ1n) is 7.41. The van der Waals surface area contributed by atoms with Crippen molar-refractivity contribution >= 4 is 17.8 Å². The van der Waals surface area contributed by atoms with Gasteiger partial charge in [0.2, 0.25) is 5.91 Å². The van der Waals surface area contributed by atoms with E-state index >= 15 is 0 Å². The number of hydrogen-bond donors (Lipinski definition) is 2. The van der Waals surface area contributed by atoms with Gasteiger partial charge in [-0.2, -0.15) is 5.10 Å². The van der Waals surface area contributed by atoms with Crippen molar-refractivity contribution in [3.05, 3.63) is 65.7 Å². The van der Waals surface area contributed by atoms with Crippen molar-refractivity contribution in [1.82, 2.24) is 5.43 Å². The number of nitrogens with one attached hydrogen (secondary N) is 2. The topological polar surface area (TPSA) is 53.5 Å². The summed E-state index contributed by atoms with van der Waals surface area (Å²) in [5, 5.41) is 7.25. The van der Waals surface area contributed by atoms with Crippen LogP contribution in [-0.4, -0.2) is 18.7 Å². The van der Waals surface area contributed by atoms with Gasteiger partial charge in [0, 0.05) is 18.7 Å². The highest BCUT2D eigenvalue weighted by Gasteiger charge is 1.99. The molecule has 4 heteroatoms. The third kappa shape index (κ3) is 5.79. The predicted molar refractivity (Wildman–Crippen MR) is 91.1 cm³/mol. The molecule has 0 aromatic heterocycles. The number of nitrogens with zero attached hydrogens (tertiary/aromatic N) is 1. The summed E-state index contributed by atoms with van der Waals surface area (Å²) in [6.45, 7) is 2.82. The average Bonchev–Trinajstić information content (AvgIpc) is 2.53. The van der Waals surface area contributed by atoms with Crippen LogP contribution >= 0.6 is 0 Å². The van der Waals surface area contributed by atoms with Crippen LogP contribution < -0.4 is 10.7 Å². The van der Waals surface area contributed by atoms with Crippen molar-refractivity contribution in [2.24, 2.45) is 5.10 Å². The molecule has 0 fully saturated rings. The van der Waals surface area contributed by atoms with Gasteiger partial charge in [-0.25, -0.2) is 5.43 Å². The predicted octanol–water partition coefficient (Wildman–Crippen LogP) is 3.34. The molecule has 2 aromatic carbocycles. The van der Waals surface area contributed by atoms with Gasteiger partial charge < -0.3 is 5.32 Å². The number of amides is 1. The fourth-order valence-electron chi connectivity index (χ4n) is 2.01. The third-order valence-corrected chi connectivity index (χ3v) is 3.13. The zero-order valence-electron chi connectivity index (χ0n) is 12.8. The van der Waals surface area contributed by atoms with Gasteiger partial charge in [0.1, 0.15) is 0 Å². The minimum atomic E-state index is -0.0711. The number of anilines is 1. The van der Waals surface area contributed by atoms with E-state index in [-0.39, 0.29) is 5.91 Å². The van der Waals surface area contributed by atoms with Crippen molar-refractivity contribution in [3.63, 3.8) is 0 Å². The standard InChI is InChI=1S/C18H21N3O/c1-15-7-5-10-17(13-15)19-12-6-11-18(22)21-20-14-16-8-3-2-4-9-16/h2-5,7-10,13-14,19H,6,11-12H2,1H3,(H,21,22)/b20-14-. The molecule has 4 nitrogen and oxygen atoms in total. The third-order valence-electron chi connectivity index (χ3n) is 3.13. The molecule has 22 heavy (non-hydrogen) atoms. The second-order valence-corrected chi connectivity index (χ2v) is 5.10. The molecule has 0 radical (unpaired) electrons. The van der Waals surface area contributed by atoms with Gasteiger partial charge in [0.05, 0.1) is 6.21 Å². The van der Waals surface area contributed by atoms with Gasteiger partial charge >= 0.3 is 0 Å². The molecule has 0 aliphatic rings. The van der Waals surface area contributed by atoms with Gasteiger partial charge in [-0.05, 0) is 36.6 Å². The van der Waals surface area contributed by atoms with Crippen LogP contribution in [0.5, 0.6) is 0 Å². The number of hydrogen-bond acceptors (Lipinski definition) is 3. The number of carbonyl (C=O) groups is 1. The molecule has 0 aliphatic heterocycles. The van der Waals surface area contributed by atoms with Crippen LogP contribution in [0.25, 0.3) is 0 Å². The van der Waals surface area contributed by atoms with Crippen LogP contribution in [0, 0.1) is 6.92 Å². The summed E-state index contributed by atoms with van der Waals surface area (Å²) in [5.41, 5.74) is 5.81. The van der Waals surface area contributed by atoms with Gasteiger partial charge in [-0.1, -0.05) is 42.5 Å². The number of carbonyl (C=O) groups excluding carboxylic acids is 1. The van der Waals surface area contributed by atoms with Gasteiger partial charge in [-0.3, -0.25) is 4.79 Å². The minimum Gasteiger partial charge on any atom is -0.385 e. The van der Waals surface area contributed by atoms with Crippen LogP contribution in [0.1, 0.15) is 24.0 Å². The monoisotopic (exact) mass is 295 g/mol. The number of rotatable bonds is 7. The Morgan fingerprint density at radius 1 is 1.14 bits per heavy atom. The highest BCUT2D eigenvalue weighted by molar-refractivity contribution is 5.82. The maximum atomic E-state index is 11.6. The quantitative estimate of drug-likeness (QED) is 0.467. The van der Waals surface area contributed by atoms with Crippen molar-refractivity contribution in [2.75, 3.05) is 11.9 Å². The van der Waals surface area contributed by atoms with E-state index < -0.39 is 0 Å². The van der Waals surface area contributed by atoms with Crippen molar-refractivity contribution in [2.45, 2.75) is 19.8 Å². The fourth-order valence-corrected chi connectivity index (χ4v) is 2.01. The summed E-state index contributed by atoms with van der Waals surface area (Å²) in [6.07, 6.45) is 2.86. The molecular weight excluding hydrogens is 274 g/mol. The van der Waals surface area contributed by atoms with Crippen molar-refractivity contribution < 1.29 is 4.79 Å². The zero-order chi connectivity index (χ0) is 15.6. The Morgan fingerprint density at radius 3 is 2.73 bits per heavy atom. The Morgan fingerprint density at radius 2 is 1.95 bits per heavy atom. The molecule has 0 bridgehead atoms. The van der Waals surface area contributed by atoms with E-state index in [2.05, 4.69) is 34.9 Å². The lowest BCUT2D eigenvalue weighted by Crippen LogP contribution is -2.18. The summed E-state index contributed by atoms with van der Waals surface area (Å²) in [5.74, 6) is -0.0711. The van der Waals surface area contributed by atoms with Gasteiger partial charge in [-0.15, -0.1) is 0 Å². The molecule has 0 atom stereocenters. The smallest absolute Gasteiger partial charge is 0.240 e. The van der Waals surface area contributed by atoms with Crippen LogP contribution in [-0.2, 0) is 4.79 Å². The van der Waals surface area contributed by atoms with Gasteiger partial charge in [0.25, 0.3) is 0 Å². The summed E-state index contributed by atoms with van der Waals surface area (Å²) < 4.78 is 0. The minimum absolute atomic E-state index is 0.0711. The highest BCUT2D eigenvalue weighted by Crippen LogP contribution is 2.09. The van der Waals surface area contributed by atoms with Crippen LogP contribution in [0.2, 0.25) is 0 Å². The molecule has 1 amide bonds. The lowest BCUT2D eigenvalue weighted by atomic mass is 10.2. The first kappa shape index (κ1) is 15.8. The molecule has 2 rings (SSSR count). The average molecular weight is 295 g/mol. The SMILES string of the molecule is Cc1cccc(NCCCC(=O)N/N=C\c2ccccc2)c1. The van der Waals surface area contributed by atoms with Crippen molar-refractivity contribution in [3.8, 4) is 0 Å². The first-order valence-corrected chi connectivity index (χ1v) is 7.41. The molecule has 0 unspecified atom stereocenters. The Bertz CT molecular complexity index is 623. The van der Waals surface area contributed by atoms with E-state index in [9.17, 15) is 4.79 Å². The second kappa shape index (κ2) is 8.62. The highest BCUT2D eigenvalue weighted by atomic mass is 16.2.